The van der Waals surface area contributed by atoms with Crippen molar-refractivity contribution in [2.24, 2.45) is 5.92 Å². The van der Waals surface area contributed by atoms with E-state index in [-0.39, 0.29) is 24.3 Å². The lowest BCUT2D eigenvalue weighted by Gasteiger charge is -2.11. The normalized spacial score (nSPS) is 21.6. The SMILES string of the molecule is O=C(Cn1ccc([N+](=O)[O-])n1)N[C@H]1CC[C@@H](C(=O)O)C1. The Morgan fingerprint density at radius 1 is 1.55 bits per heavy atom. The van der Waals surface area contributed by atoms with Crippen molar-refractivity contribution in [2.45, 2.75) is 31.8 Å². The predicted octanol–water partition coefficient (Wildman–Crippen LogP) is 0.161. The maximum atomic E-state index is 11.7. The molecule has 1 saturated carbocycles. The number of carbonyl (C=O) groups excluding carboxylic acids is 1. The minimum Gasteiger partial charge on any atom is -0.481 e. The van der Waals surface area contributed by atoms with E-state index >= 15 is 0 Å². The summed E-state index contributed by atoms with van der Waals surface area (Å²) in [5.41, 5.74) is 0. The van der Waals surface area contributed by atoms with Gasteiger partial charge in [-0.05, 0) is 24.2 Å². The Bertz CT molecular complexity index is 541. The van der Waals surface area contributed by atoms with E-state index in [9.17, 15) is 19.7 Å². The van der Waals surface area contributed by atoms with Crippen LogP contribution in [0.25, 0.3) is 0 Å². The van der Waals surface area contributed by atoms with Gasteiger partial charge in [0.25, 0.3) is 0 Å². The monoisotopic (exact) mass is 282 g/mol. The Labute approximate surface area is 113 Å². The Balaban J connectivity index is 1.83. The second-order valence-corrected chi connectivity index (χ2v) is 4.74. The Morgan fingerprint density at radius 3 is 2.85 bits per heavy atom. The zero-order valence-electron chi connectivity index (χ0n) is 10.6. The first-order valence-electron chi connectivity index (χ1n) is 6.15. The van der Waals surface area contributed by atoms with Gasteiger partial charge in [-0.3, -0.25) is 9.59 Å². The Hall–Kier alpha value is -2.45. The van der Waals surface area contributed by atoms with Gasteiger partial charge in [-0.1, -0.05) is 0 Å². The van der Waals surface area contributed by atoms with Crippen LogP contribution in [0.3, 0.4) is 0 Å². The molecule has 2 N–H and O–H groups in total. The molecule has 1 aromatic heterocycles. The van der Waals surface area contributed by atoms with Gasteiger partial charge in [0.15, 0.2) is 0 Å². The average Bonchev–Trinajstić information content (AvgIpc) is 2.98. The molecule has 1 aliphatic rings. The van der Waals surface area contributed by atoms with Crippen LogP contribution in [0.1, 0.15) is 19.3 Å². The summed E-state index contributed by atoms with van der Waals surface area (Å²) in [6, 6.07) is 1.05. The van der Waals surface area contributed by atoms with Crippen molar-refractivity contribution >= 4 is 17.7 Å². The predicted molar refractivity (Wildman–Crippen MR) is 65.8 cm³/mol. The van der Waals surface area contributed by atoms with Gasteiger partial charge in [-0.15, -0.1) is 0 Å². The summed E-state index contributed by atoms with van der Waals surface area (Å²) in [5.74, 6) is -1.90. The quantitative estimate of drug-likeness (QED) is 0.585. The van der Waals surface area contributed by atoms with Gasteiger partial charge in [-0.25, -0.2) is 0 Å². The minimum absolute atomic E-state index is 0.123. The first-order chi connectivity index (χ1) is 9.45. The highest BCUT2D eigenvalue weighted by Gasteiger charge is 2.30. The molecule has 9 nitrogen and oxygen atoms in total. The van der Waals surface area contributed by atoms with Gasteiger partial charge in [0.2, 0.25) is 5.91 Å². The third-order valence-corrected chi connectivity index (χ3v) is 3.27. The molecule has 1 amide bonds. The van der Waals surface area contributed by atoms with E-state index in [1.807, 2.05) is 0 Å². The number of nitrogens with zero attached hydrogens (tertiary/aromatic N) is 3. The van der Waals surface area contributed by atoms with Gasteiger partial charge in [-0.2, -0.15) is 4.68 Å². The van der Waals surface area contributed by atoms with E-state index in [4.69, 9.17) is 5.11 Å². The number of hydrogen-bond acceptors (Lipinski definition) is 5. The fourth-order valence-electron chi connectivity index (χ4n) is 2.29. The molecule has 0 unspecified atom stereocenters. The average molecular weight is 282 g/mol. The molecule has 20 heavy (non-hydrogen) atoms. The lowest BCUT2D eigenvalue weighted by atomic mass is 10.1. The summed E-state index contributed by atoms with van der Waals surface area (Å²) in [7, 11) is 0. The van der Waals surface area contributed by atoms with Crippen LogP contribution in [0.5, 0.6) is 0 Å². The van der Waals surface area contributed by atoms with Gasteiger partial charge in [0.1, 0.15) is 6.54 Å². The van der Waals surface area contributed by atoms with E-state index < -0.39 is 16.8 Å². The van der Waals surface area contributed by atoms with Crippen LogP contribution in [-0.2, 0) is 16.1 Å². The fraction of sp³-hybridized carbons (Fsp3) is 0.545. The molecular formula is C11H14N4O5. The summed E-state index contributed by atoms with van der Waals surface area (Å²) in [4.78, 5) is 32.4. The second-order valence-electron chi connectivity index (χ2n) is 4.74. The summed E-state index contributed by atoms with van der Waals surface area (Å²) in [6.45, 7) is -0.123. The number of carbonyl (C=O) groups is 2. The van der Waals surface area contributed by atoms with Gasteiger partial charge in [0, 0.05) is 6.04 Å². The maximum Gasteiger partial charge on any atom is 0.389 e. The molecule has 2 rings (SSSR count). The van der Waals surface area contributed by atoms with E-state index in [1.165, 1.54) is 16.9 Å². The number of aliphatic carboxylic acids is 1. The molecule has 0 spiro atoms. The number of amides is 1. The van der Waals surface area contributed by atoms with E-state index in [0.717, 1.165) is 0 Å². The lowest BCUT2D eigenvalue weighted by Crippen LogP contribution is -2.35. The summed E-state index contributed by atoms with van der Waals surface area (Å²) >= 11 is 0. The zero-order chi connectivity index (χ0) is 14.7. The molecule has 1 aliphatic carbocycles. The highest BCUT2D eigenvalue weighted by atomic mass is 16.6. The minimum atomic E-state index is -0.843. The molecule has 9 heteroatoms. The Kier molecular flexibility index (Phi) is 3.97. The van der Waals surface area contributed by atoms with Crippen molar-refractivity contribution in [1.82, 2.24) is 15.1 Å². The smallest absolute Gasteiger partial charge is 0.389 e. The lowest BCUT2D eigenvalue weighted by molar-refractivity contribution is -0.389. The van der Waals surface area contributed by atoms with Crippen molar-refractivity contribution in [2.75, 3.05) is 0 Å². The number of rotatable bonds is 5. The maximum absolute atomic E-state index is 11.7. The molecule has 108 valence electrons. The molecule has 1 fully saturated rings. The Morgan fingerprint density at radius 2 is 2.30 bits per heavy atom. The highest BCUT2D eigenvalue weighted by molar-refractivity contribution is 5.76. The third-order valence-electron chi connectivity index (χ3n) is 3.27. The molecule has 0 radical (unpaired) electrons. The number of aromatic nitrogens is 2. The first kappa shape index (κ1) is 14.0. The van der Waals surface area contributed by atoms with E-state index in [1.54, 1.807) is 0 Å². The topological polar surface area (TPSA) is 127 Å². The number of hydrogen-bond donors (Lipinski definition) is 2. The molecule has 0 aromatic carbocycles. The molecule has 0 bridgehead atoms. The number of carboxylic acid groups (broad SMARTS) is 1. The standard InChI is InChI=1S/C11H14N4O5/c16-10(6-14-4-3-9(13-14)15(19)20)12-8-2-1-7(5-8)11(17)18/h3-4,7-8H,1-2,5-6H2,(H,12,16)(H,17,18)/t7-,8+/m1/s1. The van der Waals surface area contributed by atoms with E-state index in [0.29, 0.717) is 19.3 Å². The molecule has 0 aliphatic heterocycles. The largest absolute Gasteiger partial charge is 0.481 e. The molecule has 0 saturated heterocycles. The third kappa shape index (κ3) is 3.31. The molecular weight excluding hydrogens is 268 g/mol. The second kappa shape index (κ2) is 5.68. The van der Waals surface area contributed by atoms with Crippen LogP contribution in [0.15, 0.2) is 12.3 Å². The number of nitro groups is 1. The molecule has 2 atom stereocenters. The fourth-order valence-corrected chi connectivity index (χ4v) is 2.29. The number of carboxylic acids is 1. The first-order valence-corrected chi connectivity index (χ1v) is 6.15. The van der Waals surface area contributed by atoms with Gasteiger partial charge >= 0.3 is 11.8 Å². The van der Waals surface area contributed by atoms with Crippen molar-refractivity contribution < 1.29 is 19.6 Å². The highest BCUT2D eigenvalue weighted by Crippen LogP contribution is 2.25. The van der Waals surface area contributed by atoms with Gasteiger partial charge < -0.3 is 20.5 Å². The summed E-state index contributed by atoms with van der Waals surface area (Å²) in [6.07, 6.45) is 2.95. The van der Waals surface area contributed by atoms with Crippen LogP contribution in [0.4, 0.5) is 5.82 Å². The van der Waals surface area contributed by atoms with Crippen molar-refractivity contribution in [3.63, 3.8) is 0 Å². The van der Waals surface area contributed by atoms with Crippen molar-refractivity contribution in [3.8, 4) is 0 Å². The molecule has 1 aromatic rings. The van der Waals surface area contributed by atoms with Gasteiger partial charge in [0.05, 0.1) is 23.3 Å². The number of nitrogens with one attached hydrogen (secondary N) is 1. The van der Waals surface area contributed by atoms with E-state index in [2.05, 4.69) is 10.4 Å². The van der Waals surface area contributed by atoms with Crippen molar-refractivity contribution in [1.29, 1.82) is 0 Å². The zero-order valence-corrected chi connectivity index (χ0v) is 10.6. The molecule has 1 heterocycles. The van der Waals surface area contributed by atoms with Crippen LogP contribution in [0.2, 0.25) is 0 Å². The summed E-state index contributed by atoms with van der Waals surface area (Å²) in [5, 5.41) is 25.7. The van der Waals surface area contributed by atoms with Crippen LogP contribution in [-0.4, -0.2) is 37.7 Å². The van der Waals surface area contributed by atoms with Crippen LogP contribution >= 0.6 is 0 Å². The summed E-state index contributed by atoms with van der Waals surface area (Å²) < 4.78 is 1.18. The van der Waals surface area contributed by atoms with Crippen molar-refractivity contribution in [3.05, 3.63) is 22.4 Å². The van der Waals surface area contributed by atoms with Crippen LogP contribution < -0.4 is 5.32 Å². The van der Waals surface area contributed by atoms with Crippen LogP contribution in [0, 0.1) is 16.0 Å².